The minimum absolute atomic E-state index is 0.299. The molecule has 23 heavy (non-hydrogen) atoms. The van der Waals surface area contributed by atoms with Gasteiger partial charge < -0.3 is 5.73 Å². The Bertz CT molecular complexity index is 664. The number of benzene rings is 1. The normalized spacial score (nSPS) is 17.8. The summed E-state index contributed by atoms with van der Waals surface area (Å²) in [5.74, 6) is -0.299. The van der Waals surface area contributed by atoms with Gasteiger partial charge in [-0.15, -0.1) is 0 Å². The van der Waals surface area contributed by atoms with Crippen molar-refractivity contribution in [1.82, 2.24) is 9.88 Å². The smallest absolute Gasteiger partial charge is 0.229 e. The summed E-state index contributed by atoms with van der Waals surface area (Å²) in [6, 6.07) is 13.9. The fraction of sp³-hybridized carbons (Fsp3) is 0.333. The SMILES string of the molecule is NC(=O)C1(c2ccc(Cl)cn2)CCN(Cc2ccccc2)CC1. The van der Waals surface area contributed by atoms with Crippen LogP contribution in [0.3, 0.4) is 0 Å². The third-order valence-electron chi connectivity index (χ3n) is 4.65. The second-order valence-electron chi connectivity index (χ2n) is 6.07. The number of piperidine rings is 1. The van der Waals surface area contributed by atoms with Crippen molar-refractivity contribution >= 4 is 17.5 Å². The maximum Gasteiger partial charge on any atom is 0.229 e. The van der Waals surface area contributed by atoms with Crippen molar-refractivity contribution in [1.29, 1.82) is 0 Å². The molecule has 1 aromatic heterocycles. The molecule has 2 N–H and O–H groups in total. The first-order valence-electron chi connectivity index (χ1n) is 7.78. The van der Waals surface area contributed by atoms with Crippen LogP contribution in [-0.2, 0) is 16.8 Å². The van der Waals surface area contributed by atoms with E-state index in [1.165, 1.54) is 5.56 Å². The van der Waals surface area contributed by atoms with Gasteiger partial charge in [0, 0.05) is 12.7 Å². The highest BCUT2D eigenvalue weighted by Crippen LogP contribution is 2.35. The molecular formula is C18H20ClN3O. The first-order chi connectivity index (χ1) is 11.1. The highest BCUT2D eigenvalue weighted by Gasteiger charge is 2.42. The van der Waals surface area contributed by atoms with Crippen molar-refractivity contribution in [3.8, 4) is 0 Å². The van der Waals surface area contributed by atoms with E-state index in [1.807, 2.05) is 24.3 Å². The van der Waals surface area contributed by atoms with Gasteiger partial charge in [0.25, 0.3) is 0 Å². The molecule has 2 heterocycles. The van der Waals surface area contributed by atoms with Gasteiger partial charge in [0.2, 0.25) is 5.91 Å². The van der Waals surface area contributed by atoms with E-state index < -0.39 is 5.41 Å². The quantitative estimate of drug-likeness (QED) is 0.938. The van der Waals surface area contributed by atoms with E-state index in [-0.39, 0.29) is 5.91 Å². The first-order valence-corrected chi connectivity index (χ1v) is 8.16. The van der Waals surface area contributed by atoms with Gasteiger partial charge in [-0.25, -0.2) is 0 Å². The van der Waals surface area contributed by atoms with Gasteiger partial charge >= 0.3 is 0 Å². The zero-order valence-corrected chi connectivity index (χ0v) is 13.7. The highest BCUT2D eigenvalue weighted by molar-refractivity contribution is 6.30. The number of primary amides is 1. The van der Waals surface area contributed by atoms with Crippen LogP contribution >= 0.6 is 11.6 Å². The van der Waals surface area contributed by atoms with Crippen molar-refractivity contribution in [3.05, 3.63) is 64.9 Å². The van der Waals surface area contributed by atoms with Crippen LogP contribution in [-0.4, -0.2) is 28.9 Å². The van der Waals surface area contributed by atoms with Crippen LogP contribution < -0.4 is 5.73 Å². The molecule has 0 bridgehead atoms. The predicted molar refractivity (Wildman–Crippen MR) is 91.1 cm³/mol. The maximum absolute atomic E-state index is 12.2. The summed E-state index contributed by atoms with van der Waals surface area (Å²) in [4.78, 5) is 18.9. The summed E-state index contributed by atoms with van der Waals surface area (Å²) in [5, 5.41) is 0.565. The molecular weight excluding hydrogens is 310 g/mol. The molecule has 2 aromatic rings. The number of hydrogen-bond donors (Lipinski definition) is 1. The van der Waals surface area contributed by atoms with E-state index in [0.717, 1.165) is 25.3 Å². The number of rotatable bonds is 4. The standard InChI is InChI=1S/C18H20ClN3O/c19-15-6-7-16(21-12-15)18(17(20)23)8-10-22(11-9-18)13-14-4-2-1-3-5-14/h1-7,12H,8-11,13H2,(H2,20,23). The summed E-state index contributed by atoms with van der Waals surface area (Å²) >= 11 is 5.90. The molecule has 1 saturated heterocycles. The molecule has 0 unspecified atom stereocenters. The van der Waals surface area contributed by atoms with Gasteiger partial charge in [0.15, 0.2) is 0 Å². The number of pyridine rings is 1. The predicted octanol–water partition coefficient (Wildman–Crippen LogP) is 2.75. The Hall–Kier alpha value is -1.91. The highest BCUT2D eigenvalue weighted by atomic mass is 35.5. The molecule has 1 aliphatic rings. The number of nitrogens with zero attached hydrogens (tertiary/aromatic N) is 2. The average molecular weight is 330 g/mol. The van der Waals surface area contributed by atoms with Gasteiger partial charge in [-0.1, -0.05) is 41.9 Å². The average Bonchev–Trinajstić information content (AvgIpc) is 2.57. The molecule has 1 aromatic carbocycles. The topological polar surface area (TPSA) is 59.2 Å². The van der Waals surface area contributed by atoms with E-state index in [2.05, 4.69) is 22.0 Å². The van der Waals surface area contributed by atoms with Crippen molar-refractivity contribution in [3.63, 3.8) is 0 Å². The molecule has 0 atom stereocenters. The summed E-state index contributed by atoms with van der Waals surface area (Å²) in [7, 11) is 0. The summed E-state index contributed by atoms with van der Waals surface area (Å²) in [6.07, 6.45) is 2.95. The van der Waals surface area contributed by atoms with E-state index in [9.17, 15) is 4.79 Å². The Labute approximate surface area is 141 Å². The molecule has 1 aliphatic heterocycles. The Morgan fingerprint density at radius 2 is 1.87 bits per heavy atom. The van der Waals surface area contributed by atoms with E-state index in [0.29, 0.717) is 17.9 Å². The Morgan fingerprint density at radius 1 is 1.17 bits per heavy atom. The van der Waals surface area contributed by atoms with E-state index >= 15 is 0 Å². The van der Waals surface area contributed by atoms with Crippen LogP contribution in [0.2, 0.25) is 5.02 Å². The van der Waals surface area contributed by atoms with Crippen molar-refractivity contribution < 1.29 is 4.79 Å². The van der Waals surface area contributed by atoms with Crippen LogP contribution in [0.1, 0.15) is 24.1 Å². The maximum atomic E-state index is 12.2. The Balaban J connectivity index is 1.73. The molecule has 1 amide bonds. The second-order valence-corrected chi connectivity index (χ2v) is 6.51. The van der Waals surface area contributed by atoms with E-state index in [4.69, 9.17) is 17.3 Å². The summed E-state index contributed by atoms with van der Waals surface area (Å²) in [5.41, 5.74) is 7.07. The number of carbonyl (C=O) groups excluding carboxylic acids is 1. The number of likely N-dealkylation sites (tertiary alicyclic amines) is 1. The van der Waals surface area contributed by atoms with Crippen molar-refractivity contribution in [2.75, 3.05) is 13.1 Å². The minimum atomic E-state index is -0.683. The van der Waals surface area contributed by atoms with Crippen LogP contribution in [0.25, 0.3) is 0 Å². The van der Waals surface area contributed by atoms with Gasteiger partial charge in [0.1, 0.15) is 0 Å². The lowest BCUT2D eigenvalue weighted by Gasteiger charge is -2.39. The number of amides is 1. The fourth-order valence-electron chi connectivity index (χ4n) is 3.22. The largest absolute Gasteiger partial charge is 0.369 e. The summed E-state index contributed by atoms with van der Waals surface area (Å²) < 4.78 is 0. The van der Waals surface area contributed by atoms with Gasteiger partial charge in [-0.3, -0.25) is 14.7 Å². The second kappa shape index (κ2) is 6.69. The number of aromatic nitrogens is 1. The molecule has 4 nitrogen and oxygen atoms in total. The Morgan fingerprint density at radius 3 is 2.43 bits per heavy atom. The minimum Gasteiger partial charge on any atom is -0.369 e. The van der Waals surface area contributed by atoms with Gasteiger partial charge in [0.05, 0.1) is 16.1 Å². The van der Waals surface area contributed by atoms with Crippen molar-refractivity contribution in [2.45, 2.75) is 24.8 Å². The summed E-state index contributed by atoms with van der Waals surface area (Å²) in [6.45, 7) is 2.54. The monoisotopic (exact) mass is 329 g/mol. The number of hydrogen-bond acceptors (Lipinski definition) is 3. The first kappa shape index (κ1) is 16.0. The van der Waals surface area contributed by atoms with Crippen LogP contribution in [0.5, 0.6) is 0 Å². The van der Waals surface area contributed by atoms with Crippen LogP contribution in [0, 0.1) is 0 Å². The third kappa shape index (κ3) is 3.38. The molecule has 0 radical (unpaired) electrons. The van der Waals surface area contributed by atoms with Crippen LogP contribution in [0.15, 0.2) is 48.7 Å². The van der Waals surface area contributed by atoms with Crippen molar-refractivity contribution in [2.24, 2.45) is 5.73 Å². The van der Waals surface area contributed by atoms with Gasteiger partial charge in [-0.05, 0) is 43.6 Å². The third-order valence-corrected chi connectivity index (χ3v) is 4.87. The lowest BCUT2D eigenvalue weighted by atomic mass is 9.74. The fourth-order valence-corrected chi connectivity index (χ4v) is 3.33. The lowest BCUT2D eigenvalue weighted by molar-refractivity contribution is -0.125. The molecule has 1 fully saturated rings. The van der Waals surface area contributed by atoms with E-state index in [1.54, 1.807) is 12.3 Å². The van der Waals surface area contributed by atoms with Crippen LogP contribution in [0.4, 0.5) is 0 Å². The molecule has 0 aliphatic carbocycles. The number of carbonyl (C=O) groups is 1. The van der Waals surface area contributed by atoms with Gasteiger partial charge in [-0.2, -0.15) is 0 Å². The number of halogens is 1. The number of nitrogens with two attached hydrogens (primary N) is 1. The molecule has 0 saturated carbocycles. The molecule has 5 heteroatoms. The zero-order chi connectivity index (χ0) is 16.3. The molecule has 120 valence electrons. The molecule has 3 rings (SSSR count). The lowest BCUT2D eigenvalue weighted by Crippen LogP contribution is -2.50. The Kier molecular flexibility index (Phi) is 4.64. The molecule has 0 spiro atoms. The zero-order valence-electron chi connectivity index (χ0n) is 12.9.